The number of carboxylic acid groups (broad SMARTS) is 1. The average molecular weight is 388 g/mol. The number of halogens is 1. The van der Waals surface area contributed by atoms with E-state index >= 15 is 0 Å². The van der Waals surface area contributed by atoms with Crippen molar-refractivity contribution >= 4 is 11.9 Å². The zero-order valence-electron chi connectivity index (χ0n) is 15.9. The molecule has 0 radical (unpaired) electrons. The predicted molar refractivity (Wildman–Crippen MR) is 101 cm³/mol. The van der Waals surface area contributed by atoms with Crippen molar-refractivity contribution in [2.24, 2.45) is 5.92 Å². The van der Waals surface area contributed by atoms with Crippen LogP contribution in [-0.4, -0.2) is 27.5 Å². The summed E-state index contributed by atoms with van der Waals surface area (Å²) in [4.78, 5) is 28.3. The van der Waals surface area contributed by atoms with E-state index in [0.717, 1.165) is 19.3 Å². The topological polar surface area (TPSA) is 92.4 Å². The quantitative estimate of drug-likeness (QED) is 0.749. The molecular weight excluding hydrogens is 363 g/mol. The summed E-state index contributed by atoms with van der Waals surface area (Å²) in [7, 11) is 0. The first-order valence-corrected chi connectivity index (χ1v) is 9.67. The Kier molecular flexibility index (Phi) is 6.11. The van der Waals surface area contributed by atoms with Gasteiger partial charge >= 0.3 is 5.97 Å². The van der Waals surface area contributed by atoms with Crippen LogP contribution in [0.25, 0.3) is 11.3 Å². The summed E-state index contributed by atoms with van der Waals surface area (Å²) in [5.74, 6) is -0.597. The van der Waals surface area contributed by atoms with Crippen molar-refractivity contribution in [1.82, 2.24) is 10.3 Å². The van der Waals surface area contributed by atoms with Crippen molar-refractivity contribution in [3.05, 3.63) is 42.2 Å². The zero-order chi connectivity index (χ0) is 20.1. The molecule has 0 saturated heterocycles. The molecule has 28 heavy (non-hydrogen) atoms. The van der Waals surface area contributed by atoms with E-state index in [1.165, 1.54) is 12.3 Å². The molecule has 7 heteroatoms. The molecule has 0 unspecified atom stereocenters. The van der Waals surface area contributed by atoms with Crippen LogP contribution < -0.4 is 5.32 Å². The maximum atomic E-state index is 13.8. The summed E-state index contributed by atoms with van der Waals surface area (Å²) in [6, 6.07) is 6.22. The normalized spacial score (nSPS) is 22.0. The number of carbonyl (C=O) groups excluding carboxylic acids is 1. The van der Waals surface area contributed by atoms with E-state index in [1.54, 1.807) is 18.2 Å². The van der Waals surface area contributed by atoms with Gasteiger partial charge in [0.2, 0.25) is 5.91 Å². The predicted octanol–water partition coefficient (Wildman–Crippen LogP) is 3.95. The maximum Gasteiger partial charge on any atom is 0.329 e. The first kappa shape index (κ1) is 20.0. The molecule has 3 rings (SSSR count). The van der Waals surface area contributed by atoms with Gasteiger partial charge in [0.15, 0.2) is 11.7 Å². The van der Waals surface area contributed by atoms with Crippen LogP contribution >= 0.6 is 0 Å². The van der Waals surface area contributed by atoms with Crippen LogP contribution in [-0.2, 0) is 16.0 Å². The van der Waals surface area contributed by atoms with E-state index in [4.69, 9.17) is 4.42 Å². The lowest BCUT2D eigenvalue weighted by Crippen LogP contribution is -2.56. The van der Waals surface area contributed by atoms with Gasteiger partial charge in [-0.3, -0.25) is 4.79 Å². The van der Waals surface area contributed by atoms with E-state index in [9.17, 15) is 19.1 Å². The zero-order valence-corrected chi connectivity index (χ0v) is 15.9. The maximum absolute atomic E-state index is 13.8. The van der Waals surface area contributed by atoms with Crippen LogP contribution in [0.2, 0.25) is 0 Å². The Morgan fingerprint density at radius 1 is 1.32 bits per heavy atom. The van der Waals surface area contributed by atoms with Crippen LogP contribution in [0.5, 0.6) is 0 Å². The van der Waals surface area contributed by atoms with Crippen molar-refractivity contribution < 1.29 is 23.5 Å². The number of nitrogens with one attached hydrogen (secondary N) is 1. The summed E-state index contributed by atoms with van der Waals surface area (Å²) in [6.07, 6.45) is 5.22. The van der Waals surface area contributed by atoms with Gasteiger partial charge in [-0.1, -0.05) is 25.5 Å². The molecule has 0 bridgehead atoms. The highest BCUT2D eigenvalue weighted by molar-refractivity contribution is 5.87. The number of amides is 1. The van der Waals surface area contributed by atoms with Crippen LogP contribution in [0, 0.1) is 11.7 Å². The summed E-state index contributed by atoms with van der Waals surface area (Å²) < 4.78 is 19.4. The second-order valence-corrected chi connectivity index (χ2v) is 7.39. The van der Waals surface area contributed by atoms with Gasteiger partial charge in [-0.2, -0.15) is 0 Å². The van der Waals surface area contributed by atoms with E-state index in [2.05, 4.69) is 17.2 Å². The van der Waals surface area contributed by atoms with E-state index < -0.39 is 17.3 Å². The Balaban J connectivity index is 1.58. The average Bonchev–Trinajstić information content (AvgIpc) is 3.16. The molecule has 150 valence electrons. The molecule has 0 atom stereocenters. The first-order valence-electron chi connectivity index (χ1n) is 9.67. The highest BCUT2D eigenvalue weighted by Crippen LogP contribution is 2.34. The first-order chi connectivity index (χ1) is 13.4. The number of carboxylic acids is 1. The smallest absolute Gasteiger partial charge is 0.329 e. The molecule has 1 aromatic carbocycles. The number of hydrogen-bond acceptors (Lipinski definition) is 4. The van der Waals surface area contributed by atoms with E-state index in [-0.39, 0.29) is 18.7 Å². The van der Waals surface area contributed by atoms with Gasteiger partial charge in [-0.25, -0.2) is 14.2 Å². The van der Waals surface area contributed by atoms with Gasteiger partial charge in [0.25, 0.3) is 0 Å². The van der Waals surface area contributed by atoms with Gasteiger partial charge in [-0.05, 0) is 43.7 Å². The Morgan fingerprint density at radius 3 is 2.68 bits per heavy atom. The fourth-order valence-corrected chi connectivity index (χ4v) is 3.73. The van der Waals surface area contributed by atoms with Gasteiger partial charge in [0.05, 0.1) is 11.8 Å². The number of benzene rings is 1. The van der Waals surface area contributed by atoms with Crippen LogP contribution in [0.15, 0.2) is 34.9 Å². The summed E-state index contributed by atoms with van der Waals surface area (Å²) in [5.41, 5.74) is -0.874. The lowest BCUT2D eigenvalue weighted by Gasteiger charge is -2.37. The molecule has 1 aliphatic rings. The van der Waals surface area contributed by atoms with Crippen molar-refractivity contribution in [1.29, 1.82) is 0 Å². The van der Waals surface area contributed by atoms with Gasteiger partial charge in [-0.15, -0.1) is 0 Å². The molecule has 0 spiro atoms. The highest BCUT2D eigenvalue weighted by Gasteiger charge is 2.42. The number of hydrogen-bond donors (Lipinski definition) is 2. The minimum absolute atomic E-state index is 0.0590. The molecule has 1 fully saturated rings. The second-order valence-electron chi connectivity index (χ2n) is 7.39. The largest absolute Gasteiger partial charge is 0.480 e. The fourth-order valence-electron chi connectivity index (χ4n) is 3.73. The monoisotopic (exact) mass is 388 g/mol. The van der Waals surface area contributed by atoms with Crippen molar-refractivity contribution in [2.45, 2.75) is 57.4 Å². The van der Waals surface area contributed by atoms with Gasteiger partial charge in [0.1, 0.15) is 11.4 Å². The van der Waals surface area contributed by atoms with Crippen molar-refractivity contribution in [3.63, 3.8) is 0 Å². The number of aliphatic carboxylic acids is 1. The molecule has 2 N–H and O–H groups in total. The number of aryl methyl sites for hydroxylation is 1. The van der Waals surface area contributed by atoms with Crippen LogP contribution in [0.3, 0.4) is 0 Å². The third-order valence-electron chi connectivity index (χ3n) is 5.58. The van der Waals surface area contributed by atoms with Gasteiger partial charge in [0, 0.05) is 12.8 Å². The molecule has 1 saturated carbocycles. The minimum Gasteiger partial charge on any atom is -0.480 e. The number of rotatable bonds is 7. The summed E-state index contributed by atoms with van der Waals surface area (Å²) >= 11 is 0. The lowest BCUT2D eigenvalue weighted by atomic mass is 9.75. The summed E-state index contributed by atoms with van der Waals surface area (Å²) in [6.45, 7) is 2.10. The van der Waals surface area contributed by atoms with Crippen molar-refractivity contribution in [3.8, 4) is 11.3 Å². The minimum atomic E-state index is -1.18. The Labute approximate surface area is 163 Å². The Hall–Kier alpha value is -2.70. The van der Waals surface area contributed by atoms with E-state index in [1.807, 2.05) is 0 Å². The number of nitrogens with zero attached hydrogens (tertiary/aromatic N) is 1. The SMILES string of the molecule is CCC1CCC(NC(=O)CCc2ncc(-c3ccccc3F)o2)(C(=O)O)CC1. The fraction of sp³-hybridized carbons (Fsp3) is 0.476. The molecule has 1 amide bonds. The molecule has 6 nitrogen and oxygen atoms in total. The summed E-state index contributed by atoms with van der Waals surface area (Å²) in [5, 5.41) is 12.4. The molecule has 1 heterocycles. The third-order valence-corrected chi connectivity index (χ3v) is 5.58. The van der Waals surface area contributed by atoms with E-state index in [0.29, 0.717) is 36.0 Å². The Bertz CT molecular complexity index is 840. The van der Waals surface area contributed by atoms with Crippen LogP contribution in [0.4, 0.5) is 4.39 Å². The second kappa shape index (κ2) is 8.54. The molecule has 1 aromatic heterocycles. The number of carbonyl (C=O) groups is 2. The molecule has 1 aliphatic carbocycles. The Morgan fingerprint density at radius 2 is 2.04 bits per heavy atom. The van der Waals surface area contributed by atoms with Gasteiger partial charge < -0.3 is 14.8 Å². The molecule has 2 aromatic rings. The third kappa shape index (κ3) is 4.40. The molecule has 0 aliphatic heterocycles. The number of aromatic nitrogens is 1. The highest BCUT2D eigenvalue weighted by atomic mass is 19.1. The lowest BCUT2D eigenvalue weighted by molar-refractivity contribution is -0.149. The standard InChI is InChI=1S/C21H25FN2O4/c1-2-14-9-11-21(12-10-14,20(26)27)24-18(25)7-8-19-23-13-17(28-19)15-5-3-4-6-16(15)22/h3-6,13-14H,2,7-12H2,1H3,(H,24,25)(H,26,27). The number of oxazole rings is 1. The van der Waals surface area contributed by atoms with Crippen molar-refractivity contribution in [2.75, 3.05) is 0 Å². The van der Waals surface area contributed by atoms with Crippen LogP contribution in [0.1, 0.15) is 51.3 Å². The molecular formula is C21H25FN2O4.